The molecule has 130 valence electrons. The highest BCUT2D eigenvalue weighted by molar-refractivity contribution is 6.09. The van der Waals surface area contributed by atoms with Crippen molar-refractivity contribution in [2.24, 2.45) is 5.92 Å². The van der Waals surface area contributed by atoms with Crippen molar-refractivity contribution in [3.63, 3.8) is 0 Å². The highest BCUT2D eigenvalue weighted by atomic mass is 19.1. The summed E-state index contributed by atoms with van der Waals surface area (Å²) in [5.41, 5.74) is 1.80. The van der Waals surface area contributed by atoms with Gasteiger partial charge in [0, 0.05) is 18.8 Å². The Balaban J connectivity index is 1.63. The third kappa shape index (κ3) is 3.68. The average Bonchev–Trinajstić information content (AvgIpc) is 2.98. The molecule has 2 amide bonds. The number of amides is 2. The number of hydrogen-bond donors (Lipinski definition) is 1. The van der Waals surface area contributed by atoms with Crippen LogP contribution in [-0.4, -0.2) is 18.4 Å². The van der Waals surface area contributed by atoms with E-state index >= 15 is 0 Å². The Hall–Kier alpha value is -2.76. The number of benzene rings is 2. The summed E-state index contributed by atoms with van der Waals surface area (Å²) < 4.78 is 26.3. The number of hydrogen-bond acceptors (Lipinski definition) is 2. The van der Waals surface area contributed by atoms with Crippen LogP contribution in [0.3, 0.4) is 0 Å². The third-order valence-corrected chi connectivity index (χ3v) is 4.36. The monoisotopic (exact) mass is 344 g/mol. The van der Waals surface area contributed by atoms with Gasteiger partial charge in [0.2, 0.25) is 11.8 Å². The molecule has 1 fully saturated rings. The van der Waals surface area contributed by atoms with Gasteiger partial charge in [-0.2, -0.15) is 0 Å². The van der Waals surface area contributed by atoms with E-state index in [0.717, 1.165) is 5.56 Å². The van der Waals surface area contributed by atoms with Crippen molar-refractivity contribution >= 4 is 17.5 Å². The quantitative estimate of drug-likeness (QED) is 0.867. The summed E-state index contributed by atoms with van der Waals surface area (Å²) in [6, 6.07) is 10.3. The largest absolute Gasteiger partial charge is 0.351 e. The van der Waals surface area contributed by atoms with Gasteiger partial charge >= 0.3 is 0 Å². The van der Waals surface area contributed by atoms with Crippen LogP contribution in [0.25, 0.3) is 0 Å². The second kappa shape index (κ2) is 7.01. The Bertz CT molecular complexity index is 806. The molecule has 1 saturated heterocycles. The molecule has 25 heavy (non-hydrogen) atoms. The Morgan fingerprint density at radius 2 is 1.92 bits per heavy atom. The van der Waals surface area contributed by atoms with E-state index < -0.39 is 5.92 Å². The molecule has 1 atom stereocenters. The zero-order valence-corrected chi connectivity index (χ0v) is 13.8. The maximum Gasteiger partial charge on any atom is 0.239 e. The molecule has 6 heteroatoms. The number of halogens is 2. The van der Waals surface area contributed by atoms with E-state index in [-0.39, 0.29) is 30.0 Å². The topological polar surface area (TPSA) is 49.4 Å². The molecule has 1 aliphatic heterocycles. The Labute approximate surface area is 144 Å². The summed E-state index contributed by atoms with van der Waals surface area (Å²) in [5, 5.41) is 2.71. The molecular weight excluding hydrogens is 326 g/mol. The van der Waals surface area contributed by atoms with E-state index in [0.29, 0.717) is 24.2 Å². The van der Waals surface area contributed by atoms with Crippen LogP contribution in [-0.2, 0) is 16.1 Å². The van der Waals surface area contributed by atoms with Crippen molar-refractivity contribution in [1.82, 2.24) is 5.32 Å². The zero-order valence-electron chi connectivity index (χ0n) is 13.8. The van der Waals surface area contributed by atoms with Gasteiger partial charge in [0.1, 0.15) is 17.6 Å². The fourth-order valence-electron chi connectivity index (χ4n) is 2.89. The molecule has 1 aliphatic rings. The van der Waals surface area contributed by atoms with Crippen LogP contribution in [0.1, 0.15) is 17.5 Å². The summed E-state index contributed by atoms with van der Waals surface area (Å²) in [4.78, 5) is 26.3. The van der Waals surface area contributed by atoms with Gasteiger partial charge in [-0.05, 0) is 54.8 Å². The molecular formula is C19H18F2N2O2. The molecule has 0 aromatic heterocycles. The smallest absolute Gasteiger partial charge is 0.239 e. The summed E-state index contributed by atoms with van der Waals surface area (Å²) >= 11 is 0. The number of rotatable bonds is 4. The van der Waals surface area contributed by atoms with Gasteiger partial charge in [-0.15, -0.1) is 0 Å². The lowest BCUT2D eigenvalue weighted by Gasteiger charge is -2.17. The van der Waals surface area contributed by atoms with Crippen molar-refractivity contribution in [1.29, 1.82) is 0 Å². The predicted molar refractivity (Wildman–Crippen MR) is 89.8 cm³/mol. The van der Waals surface area contributed by atoms with Gasteiger partial charge < -0.3 is 10.2 Å². The number of carbonyl (C=O) groups excluding carboxylic acids is 2. The first-order valence-electron chi connectivity index (χ1n) is 8.05. The maximum atomic E-state index is 13.4. The lowest BCUT2D eigenvalue weighted by Crippen LogP contribution is -2.36. The van der Waals surface area contributed by atoms with E-state index in [1.165, 1.54) is 23.1 Å². The van der Waals surface area contributed by atoms with Gasteiger partial charge in [-0.25, -0.2) is 8.78 Å². The minimum atomic E-state index is -0.759. The first kappa shape index (κ1) is 17.1. The molecule has 4 nitrogen and oxygen atoms in total. The second-order valence-electron chi connectivity index (χ2n) is 6.11. The van der Waals surface area contributed by atoms with Gasteiger partial charge in [-0.3, -0.25) is 9.59 Å². The fourth-order valence-corrected chi connectivity index (χ4v) is 2.89. The van der Waals surface area contributed by atoms with Crippen LogP contribution in [0.2, 0.25) is 0 Å². The number of aryl methyl sites for hydroxylation is 1. The maximum absolute atomic E-state index is 13.4. The fraction of sp³-hybridized carbons (Fsp3) is 0.263. The third-order valence-electron chi connectivity index (χ3n) is 4.36. The molecule has 0 spiro atoms. The number of nitrogens with zero attached hydrogens (tertiary/aromatic N) is 1. The van der Waals surface area contributed by atoms with Crippen LogP contribution in [0.15, 0.2) is 42.5 Å². The summed E-state index contributed by atoms with van der Waals surface area (Å²) in [6.45, 7) is 2.28. The van der Waals surface area contributed by atoms with E-state index in [2.05, 4.69) is 5.32 Å². The van der Waals surface area contributed by atoms with Crippen molar-refractivity contribution in [3.05, 3.63) is 65.2 Å². The molecule has 1 N–H and O–H groups in total. The van der Waals surface area contributed by atoms with Gasteiger partial charge in [-0.1, -0.05) is 12.1 Å². The van der Waals surface area contributed by atoms with Crippen molar-refractivity contribution in [2.45, 2.75) is 19.9 Å². The minimum Gasteiger partial charge on any atom is -0.351 e. The minimum absolute atomic E-state index is 0.235. The number of anilines is 1. The molecule has 0 unspecified atom stereocenters. The van der Waals surface area contributed by atoms with Crippen LogP contribution in [0, 0.1) is 24.5 Å². The van der Waals surface area contributed by atoms with E-state index in [1.807, 2.05) is 0 Å². The number of nitrogens with one attached hydrogen (secondary N) is 1. The van der Waals surface area contributed by atoms with Crippen LogP contribution in [0.5, 0.6) is 0 Å². The highest BCUT2D eigenvalue weighted by Crippen LogP contribution is 2.27. The Morgan fingerprint density at radius 1 is 1.20 bits per heavy atom. The Morgan fingerprint density at radius 3 is 2.60 bits per heavy atom. The van der Waals surface area contributed by atoms with Crippen LogP contribution >= 0.6 is 0 Å². The zero-order chi connectivity index (χ0) is 18.0. The van der Waals surface area contributed by atoms with Crippen molar-refractivity contribution < 1.29 is 18.4 Å². The normalized spacial score (nSPS) is 17.0. The highest BCUT2D eigenvalue weighted by Gasteiger charge is 2.37. The lowest BCUT2D eigenvalue weighted by atomic mass is 10.1. The summed E-state index contributed by atoms with van der Waals surface area (Å²) in [7, 11) is 0. The molecule has 0 saturated carbocycles. The first-order chi connectivity index (χ1) is 12.0. The first-order valence-corrected chi connectivity index (χ1v) is 8.05. The predicted octanol–water partition coefficient (Wildman–Crippen LogP) is 2.94. The lowest BCUT2D eigenvalue weighted by molar-refractivity contribution is -0.132. The summed E-state index contributed by atoms with van der Waals surface area (Å²) in [6.07, 6.45) is 0.407. The second-order valence-corrected chi connectivity index (χ2v) is 6.11. The van der Waals surface area contributed by atoms with Gasteiger partial charge in [0.05, 0.1) is 0 Å². The molecule has 0 aliphatic carbocycles. The van der Waals surface area contributed by atoms with E-state index in [4.69, 9.17) is 0 Å². The molecule has 2 aromatic rings. The van der Waals surface area contributed by atoms with Crippen molar-refractivity contribution in [2.75, 3.05) is 11.4 Å². The van der Waals surface area contributed by atoms with Crippen LogP contribution in [0.4, 0.5) is 14.5 Å². The Kier molecular flexibility index (Phi) is 4.79. The van der Waals surface area contributed by atoms with Gasteiger partial charge in [0.15, 0.2) is 0 Å². The number of carbonyl (C=O) groups is 2. The molecule has 0 bridgehead atoms. The molecule has 0 radical (unpaired) electrons. The summed E-state index contributed by atoms with van der Waals surface area (Å²) in [5.74, 6) is -2.07. The SMILES string of the molecule is Cc1cc(N2CC[C@@H](C(=O)NCc3ccc(F)cc3)C2=O)ccc1F. The molecule has 1 heterocycles. The van der Waals surface area contributed by atoms with Crippen molar-refractivity contribution in [3.8, 4) is 0 Å². The van der Waals surface area contributed by atoms with E-state index in [1.54, 1.807) is 31.2 Å². The standard InChI is InChI=1S/C19H18F2N2O2/c1-12-10-15(6-7-17(12)21)23-9-8-16(19(23)25)18(24)22-11-13-2-4-14(20)5-3-13/h2-7,10,16H,8-9,11H2,1H3,(H,22,24)/t16-/m0/s1. The molecule has 2 aromatic carbocycles. The van der Waals surface area contributed by atoms with Gasteiger partial charge in [0.25, 0.3) is 0 Å². The van der Waals surface area contributed by atoms with Crippen LogP contribution < -0.4 is 10.2 Å². The van der Waals surface area contributed by atoms with E-state index in [9.17, 15) is 18.4 Å². The molecule has 3 rings (SSSR count). The average molecular weight is 344 g/mol.